The summed E-state index contributed by atoms with van der Waals surface area (Å²) in [6, 6.07) is 2.42. The second kappa shape index (κ2) is 4.65. The third-order valence-electron chi connectivity index (χ3n) is 2.03. The molecule has 1 N–H and O–H groups in total. The zero-order chi connectivity index (χ0) is 10.8. The Hall–Kier alpha value is -0.0500. The monoisotopic (exact) mass is 231 g/mol. The van der Waals surface area contributed by atoms with E-state index in [2.05, 4.69) is 38.4 Å². The van der Waals surface area contributed by atoms with Crippen molar-refractivity contribution in [1.82, 2.24) is 5.32 Å². The summed E-state index contributed by atoms with van der Waals surface area (Å²) in [5.41, 5.74) is 1.61. The average molecular weight is 232 g/mol. The minimum atomic E-state index is 0.327. The Bertz CT molecular complexity index is 288. The highest BCUT2D eigenvalue weighted by atomic mass is 35.5. The molecule has 1 heterocycles. The first kappa shape index (κ1) is 12.0. The van der Waals surface area contributed by atoms with Crippen LogP contribution in [0.25, 0.3) is 0 Å². The predicted molar refractivity (Wildman–Crippen MR) is 65.2 cm³/mol. The summed E-state index contributed by atoms with van der Waals surface area (Å²) in [4.78, 5) is 0. The maximum atomic E-state index is 5.89. The maximum absolute atomic E-state index is 5.89. The van der Waals surface area contributed by atoms with Gasteiger partial charge in [-0.3, -0.25) is 0 Å². The minimum absolute atomic E-state index is 0.327. The molecule has 0 bridgehead atoms. The van der Waals surface area contributed by atoms with Crippen molar-refractivity contribution in [3.05, 3.63) is 21.3 Å². The number of rotatable bonds is 3. The summed E-state index contributed by atoms with van der Waals surface area (Å²) in [6.45, 7) is 9.87. The number of hydrogen-bond acceptors (Lipinski definition) is 2. The van der Waals surface area contributed by atoms with E-state index in [4.69, 9.17) is 11.6 Å². The van der Waals surface area contributed by atoms with E-state index in [9.17, 15) is 0 Å². The Labute approximate surface area is 95.5 Å². The van der Waals surface area contributed by atoms with Crippen LogP contribution in [0.1, 0.15) is 39.3 Å². The number of thiophene rings is 1. The molecule has 14 heavy (non-hydrogen) atoms. The lowest BCUT2D eigenvalue weighted by Crippen LogP contribution is -2.28. The summed E-state index contributed by atoms with van der Waals surface area (Å²) in [5.74, 6) is 0. The minimum Gasteiger partial charge on any atom is -0.310 e. The van der Waals surface area contributed by atoms with Crippen LogP contribution in [0.2, 0.25) is 4.34 Å². The summed E-state index contributed by atoms with van der Waals surface area (Å²) in [5, 5.41) is 5.61. The van der Waals surface area contributed by atoms with Crippen LogP contribution in [0.4, 0.5) is 0 Å². The first-order valence-electron chi connectivity index (χ1n) is 4.86. The third kappa shape index (κ3) is 3.99. The second-order valence-electron chi connectivity index (χ2n) is 4.85. The molecule has 0 amide bonds. The van der Waals surface area contributed by atoms with Crippen LogP contribution in [0.5, 0.6) is 0 Å². The summed E-state index contributed by atoms with van der Waals surface area (Å²) in [6.07, 6.45) is 0. The highest BCUT2D eigenvalue weighted by Gasteiger charge is 2.13. The first-order chi connectivity index (χ1) is 6.38. The second-order valence-corrected chi connectivity index (χ2v) is 6.39. The van der Waals surface area contributed by atoms with E-state index in [1.807, 2.05) is 6.07 Å². The van der Waals surface area contributed by atoms with Gasteiger partial charge in [0.25, 0.3) is 0 Å². The average Bonchev–Trinajstić information content (AvgIpc) is 2.46. The molecule has 0 saturated heterocycles. The summed E-state index contributed by atoms with van der Waals surface area (Å²) in [7, 11) is 0. The third-order valence-corrected chi connectivity index (χ3v) is 3.14. The summed E-state index contributed by atoms with van der Waals surface area (Å²) < 4.78 is 0.865. The van der Waals surface area contributed by atoms with Gasteiger partial charge in [-0.25, -0.2) is 0 Å². The molecule has 1 atom stereocenters. The van der Waals surface area contributed by atoms with E-state index in [1.54, 1.807) is 11.3 Å². The van der Waals surface area contributed by atoms with Crippen molar-refractivity contribution in [1.29, 1.82) is 0 Å². The molecule has 0 aromatic carbocycles. The van der Waals surface area contributed by atoms with Crippen LogP contribution in [-0.2, 0) is 0 Å². The molecule has 0 radical (unpaired) electrons. The molecule has 0 saturated carbocycles. The van der Waals surface area contributed by atoms with Gasteiger partial charge in [0.1, 0.15) is 0 Å². The van der Waals surface area contributed by atoms with Crippen molar-refractivity contribution < 1.29 is 0 Å². The Balaban J connectivity index is 2.47. The van der Waals surface area contributed by atoms with Gasteiger partial charge in [-0.2, -0.15) is 0 Å². The van der Waals surface area contributed by atoms with E-state index in [-0.39, 0.29) is 0 Å². The lowest BCUT2D eigenvalue weighted by Gasteiger charge is -2.22. The SMILES string of the molecule is CC(NCC(C)(C)C)c1csc(Cl)c1. The first-order valence-corrected chi connectivity index (χ1v) is 6.11. The predicted octanol–water partition coefficient (Wildman–Crippen LogP) is 4.10. The Morgan fingerprint density at radius 3 is 2.57 bits per heavy atom. The maximum Gasteiger partial charge on any atom is 0.0931 e. The Morgan fingerprint density at radius 1 is 1.50 bits per heavy atom. The van der Waals surface area contributed by atoms with Gasteiger partial charge in [0.05, 0.1) is 4.34 Å². The van der Waals surface area contributed by atoms with E-state index in [1.165, 1.54) is 5.56 Å². The molecule has 0 aliphatic carbocycles. The van der Waals surface area contributed by atoms with Crippen molar-refractivity contribution in [3.8, 4) is 0 Å². The number of hydrogen-bond donors (Lipinski definition) is 1. The van der Waals surface area contributed by atoms with Gasteiger partial charge < -0.3 is 5.32 Å². The van der Waals surface area contributed by atoms with Crippen LogP contribution in [0.15, 0.2) is 11.4 Å². The topological polar surface area (TPSA) is 12.0 Å². The van der Waals surface area contributed by atoms with Crippen LogP contribution in [0, 0.1) is 5.41 Å². The van der Waals surface area contributed by atoms with E-state index >= 15 is 0 Å². The summed E-state index contributed by atoms with van der Waals surface area (Å²) >= 11 is 7.48. The van der Waals surface area contributed by atoms with E-state index in [0.29, 0.717) is 11.5 Å². The molecule has 1 rings (SSSR count). The number of halogens is 1. The molecule has 1 nitrogen and oxygen atoms in total. The van der Waals surface area contributed by atoms with E-state index < -0.39 is 0 Å². The van der Waals surface area contributed by atoms with Crippen molar-refractivity contribution in [2.24, 2.45) is 5.41 Å². The Morgan fingerprint density at radius 2 is 2.14 bits per heavy atom. The van der Waals surface area contributed by atoms with Crippen molar-refractivity contribution in [3.63, 3.8) is 0 Å². The lowest BCUT2D eigenvalue weighted by molar-refractivity contribution is 0.360. The molecule has 0 aliphatic heterocycles. The molecule has 3 heteroatoms. The molecular formula is C11H18ClNS. The van der Waals surface area contributed by atoms with Gasteiger partial charge in [0.2, 0.25) is 0 Å². The molecule has 0 fully saturated rings. The Kier molecular flexibility index (Phi) is 3.99. The highest BCUT2D eigenvalue weighted by Crippen LogP contribution is 2.25. The van der Waals surface area contributed by atoms with E-state index in [0.717, 1.165) is 10.9 Å². The van der Waals surface area contributed by atoms with Crippen molar-refractivity contribution >= 4 is 22.9 Å². The van der Waals surface area contributed by atoms with Gasteiger partial charge >= 0.3 is 0 Å². The fourth-order valence-electron chi connectivity index (χ4n) is 1.13. The molecule has 1 aromatic heterocycles. The molecule has 0 aliphatic rings. The van der Waals surface area contributed by atoms with Gasteiger partial charge in [-0.15, -0.1) is 11.3 Å². The van der Waals surface area contributed by atoms with Gasteiger partial charge in [0.15, 0.2) is 0 Å². The van der Waals surface area contributed by atoms with Crippen LogP contribution in [0.3, 0.4) is 0 Å². The normalized spacial score (nSPS) is 14.4. The molecule has 80 valence electrons. The largest absolute Gasteiger partial charge is 0.310 e. The van der Waals surface area contributed by atoms with Crippen LogP contribution in [-0.4, -0.2) is 6.54 Å². The fraction of sp³-hybridized carbons (Fsp3) is 0.636. The standard InChI is InChI=1S/C11H18ClNS/c1-8(13-7-11(2,3)4)9-5-10(12)14-6-9/h5-6,8,13H,7H2,1-4H3. The van der Waals surface area contributed by atoms with Crippen LogP contribution < -0.4 is 5.32 Å². The molecule has 0 spiro atoms. The van der Waals surface area contributed by atoms with Gasteiger partial charge in [-0.1, -0.05) is 32.4 Å². The van der Waals surface area contributed by atoms with Crippen molar-refractivity contribution in [2.75, 3.05) is 6.54 Å². The molecule has 1 unspecified atom stereocenters. The molecular weight excluding hydrogens is 214 g/mol. The molecule has 1 aromatic rings. The van der Waals surface area contributed by atoms with Gasteiger partial charge in [-0.05, 0) is 29.3 Å². The smallest absolute Gasteiger partial charge is 0.0931 e. The lowest BCUT2D eigenvalue weighted by atomic mass is 9.96. The highest BCUT2D eigenvalue weighted by molar-refractivity contribution is 7.14. The van der Waals surface area contributed by atoms with Gasteiger partial charge in [0, 0.05) is 12.6 Å². The van der Waals surface area contributed by atoms with Crippen molar-refractivity contribution in [2.45, 2.75) is 33.7 Å². The zero-order valence-corrected chi connectivity index (χ0v) is 10.8. The quantitative estimate of drug-likeness (QED) is 0.826. The number of nitrogens with one attached hydrogen (secondary N) is 1. The van der Waals surface area contributed by atoms with Crippen LogP contribution >= 0.6 is 22.9 Å². The zero-order valence-electron chi connectivity index (χ0n) is 9.23. The fourth-order valence-corrected chi connectivity index (χ4v) is 2.11.